The number of benzene rings is 1. The molecule has 0 aliphatic heterocycles. The number of ether oxygens (including phenoxy) is 2. The molecule has 1 aromatic heterocycles. The van der Waals surface area contributed by atoms with Crippen molar-refractivity contribution in [2.45, 2.75) is 17.9 Å². The van der Waals surface area contributed by atoms with Gasteiger partial charge >= 0.3 is 5.97 Å². The second kappa shape index (κ2) is 7.92. The molecule has 0 unspecified atom stereocenters. The van der Waals surface area contributed by atoms with Crippen LogP contribution in [0.3, 0.4) is 0 Å². The van der Waals surface area contributed by atoms with Crippen LogP contribution in [0.2, 0.25) is 0 Å². The summed E-state index contributed by atoms with van der Waals surface area (Å²) in [6.07, 6.45) is 2.28. The van der Waals surface area contributed by atoms with Crippen LogP contribution in [0, 0.1) is 0 Å². The Morgan fingerprint density at radius 3 is 2.58 bits per heavy atom. The summed E-state index contributed by atoms with van der Waals surface area (Å²) in [6.45, 7) is 0. The Labute approximate surface area is 141 Å². The normalized spacial score (nSPS) is 11.1. The lowest BCUT2D eigenvalue weighted by atomic mass is 10.1. The van der Waals surface area contributed by atoms with E-state index in [1.165, 1.54) is 25.4 Å². The predicted octanol–water partition coefficient (Wildman–Crippen LogP) is 2.28. The number of carbonyl (C=O) groups excluding carboxylic acids is 1. The number of nitrogens with zero attached hydrogens (tertiary/aromatic N) is 1. The van der Waals surface area contributed by atoms with Crippen LogP contribution in [-0.2, 0) is 21.0 Å². The largest absolute Gasteiger partial charge is 0.496 e. The van der Waals surface area contributed by atoms with E-state index in [4.69, 9.17) is 4.74 Å². The van der Waals surface area contributed by atoms with Crippen molar-refractivity contribution >= 4 is 15.8 Å². The van der Waals surface area contributed by atoms with Gasteiger partial charge in [0, 0.05) is 6.20 Å². The molecule has 128 valence electrons. The Balaban J connectivity index is 2.14. The Morgan fingerprint density at radius 2 is 1.88 bits per heavy atom. The van der Waals surface area contributed by atoms with Gasteiger partial charge in [0.25, 0.3) is 0 Å². The summed E-state index contributed by atoms with van der Waals surface area (Å²) < 4.78 is 34.9. The fraction of sp³-hybridized carbons (Fsp3) is 0.294. The van der Waals surface area contributed by atoms with Crippen molar-refractivity contribution in [1.29, 1.82) is 0 Å². The molecule has 0 saturated carbocycles. The van der Waals surface area contributed by atoms with E-state index < -0.39 is 15.8 Å². The first-order valence-electron chi connectivity index (χ1n) is 7.37. The third-order valence-electron chi connectivity index (χ3n) is 3.52. The molecule has 0 aliphatic carbocycles. The van der Waals surface area contributed by atoms with Crippen molar-refractivity contribution in [1.82, 2.24) is 4.98 Å². The quantitative estimate of drug-likeness (QED) is 0.713. The topological polar surface area (TPSA) is 82.6 Å². The van der Waals surface area contributed by atoms with Crippen LogP contribution in [0.5, 0.6) is 5.75 Å². The molecule has 0 bridgehead atoms. The summed E-state index contributed by atoms with van der Waals surface area (Å²) >= 11 is 0. The number of aromatic nitrogens is 1. The van der Waals surface area contributed by atoms with Gasteiger partial charge in [-0.1, -0.05) is 18.2 Å². The molecular weight excluding hydrogens is 330 g/mol. The second-order valence-corrected chi connectivity index (χ2v) is 7.11. The number of para-hydroxylation sites is 1. The van der Waals surface area contributed by atoms with Crippen molar-refractivity contribution in [2.24, 2.45) is 0 Å². The zero-order valence-corrected chi connectivity index (χ0v) is 14.4. The molecule has 0 fully saturated rings. The van der Waals surface area contributed by atoms with Gasteiger partial charge in [-0.05, 0) is 36.6 Å². The van der Waals surface area contributed by atoms with Crippen LogP contribution in [0.4, 0.5) is 0 Å². The van der Waals surface area contributed by atoms with Gasteiger partial charge in [0.2, 0.25) is 0 Å². The maximum atomic E-state index is 12.5. The molecule has 2 rings (SSSR count). The molecule has 6 nitrogen and oxygen atoms in total. The van der Waals surface area contributed by atoms with Gasteiger partial charge in [0.15, 0.2) is 14.9 Å². The summed E-state index contributed by atoms with van der Waals surface area (Å²) in [5.41, 5.74) is 0.890. The minimum Gasteiger partial charge on any atom is -0.496 e. The van der Waals surface area contributed by atoms with Crippen LogP contribution in [0.25, 0.3) is 0 Å². The molecule has 7 heteroatoms. The lowest BCUT2D eigenvalue weighted by Gasteiger charge is -2.09. The van der Waals surface area contributed by atoms with E-state index >= 15 is 0 Å². The van der Waals surface area contributed by atoms with Crippen LogP contribution in [-0.4, -0.2) is 39.3 Å². The van der Waals surface area contributed by atoms with Crippen molar-refractivity contribution < 1.29 is 22.7 Å². The first-order chi connectivity index (χ1) is 11.5. The number of sulfone groups is 1. The third kappa shape index (κ3) is 4.11. The highest BCUT2D eigenvalue weighted by atomic mass is 32.2. The van der Waals surface area contributed by atoms with Crippen LogP contribution < -0.4 is 4.74 Å². The van der Waals surface area contributed by atoms with Gasteiger partial charge < -0.3 is 9.47 Å². The van der Waals surface area contributed by atoms with Gasteiger partial charge in [-0.25, -0.2) is 18.2 Å². The second-order valence-electron chi connectivity index (χ2n) is 5.08. The van der Waals surface area contributed by atoms with Crippen molar-refractivity contribution in [3.63, 3.8) is 0 Å². The average Bonchev–Trinajstić information content (AvgIpc) is 2.61. The molecule has 24 heavy (non-hydrogen) atoms. The number of esters is 1. The van der Waals surface area contributed by atoms with Gasteiger partial charge in [-0.3, -0.25) is 0 Å². The number of rotatable bonds is 7. The first-order valence-corrected chi connectivity index (χ1v) is 9.03. The Bertz CT molecular complexity index is 817. The molecule has 0 N–H and O–H groups in total. The molecular formula is C17H19NO5S. The summed E-state index contributed by atoms with van der Waals surface area (Å²) in [5, 5.41) is -0.239. The summed E-state index contributed by atoms with van der Waals surface area (Å²) in [5.74, 6) is -0.110. The Hall–Kier alpha value is -2.41. The zero-order valence-electron chi connectivity index (χ0n) is 13.6. The molecule has 1 aromatic carbocycles. The van der Waals surface area contributed by atoms with Gasteiger partial charge in [-0.15, -0.1) is 0 Å². The van der Waals surface area contributed by atoms with E-state index in [1.807, 2.05) is 24.3 Å². The summed E-state index contributed by atoms with van der Waals surface area (Å²) in [7, 11) is -0.911. The van der Waals surface area contributed by atoms with E-state index in [0.29, 0.717) is 12.8 Å². The first kappa shape index (κ1) is 17.9. The molecule has 0 radical (unpaired) electrons. The minimum absolute atomic E-state index is 0.0442. The Morgan fingerprint density at radius 1 is 1.12 bits per heavy atom. The maximum absolute atomic E-state index is 12.5. The molecule has 0 saturated heterocycles. The number of methoxy groups -OCH3 is 2. The fourth-order valence-electron chi connectivity index (χ4n) is 2.36. The molecule has 0 spiro atoms. The lowest BCUT2D eigenvalue weighted by molar-refractivity contribution is 0.0595. The van der Waals surface area contributed by atoms with E-state index in [0.717, 1.165) is 11.3 Å². The zero-order chi connectivity index (χ0) is 17.6. The average molecular weight is 349 g/mol. The molecule has 0 amide bonds. The predicted molar refractivity (Wildman–Crippen MR) is 88.9 cm³/mol. The molecule has 0 atom stereocenters. The van der Waals surface area contributed by atoms with Crippen LogP contribution in [0.1, 0.15) is 22.3 Å². The van der Waals surface area contributed by atoms with Gasteiger partial charge in [0.1, 0.15) is 5.75 Å². The molecule has 1 heterocycles. The highest BCUT2D eigenvalue weighted by molar-refractivity contribution is 7.91. The standard InChI is InChI=1S/C17H19NO5S/c1-22-15-10-4-3-7-13(15)8-6-12-24(20,21)16-14(17(19)23-2)9-5-11-18-16/h3-5,7,9-11H,6,8,12H2,1-2H3. The number of carbonyl (C=O) groups is 1. The number of hydrogen-bond donors (Lipinski definition) is 0. The monoisotopic (exact) mass is 349 g/mol. The number of pyridine rings is 1. The SMILES string of the molecule is COC(=O)c1cccnc1S(=O)(=O)CCCc1ccccc1OC. The summed E-state index contributed by atoms with van der Waals surface area (Å²) in [4.78, 5) is 15.6. The van der Waals surface area contributed by atoms with E-state index in [9.17, 15) is 13.2 Å². The third-order valence-corrected chi connectivity index (χ3v) is 5.26. The van der Waals surface area contributed by atoms with E-state index in [-0.39, 0.29) is 16.3 Å². The summed E-state index contributed by atoms with van der Waals surface area (Å²) in [6, 6.07) is 10.4. The lowest BCUT2D eigenvalue weighted by Crippen LogP contribution is -2.15. The van der Waals surface area contributed by atoms with E-state index in [1.54, 1.807) is 7.11 Å². The van der Waals surface area contributed by atoms with Crippen molar-refractivity contribution in [3.05, 3.63) is 53.7 Å². The minimum atomic E-state index is -3.69. The van der Waals surface area contributed by atoms with Crippen LogP contribution in [0.15, 0.2) is 47.6 Å². The van der Waals surface area contributed by atoms with Gasteiger partial charge in [0.05, 0.1) is 25.5 Å². The highest BCUT2D eigenvalue weighted by Crippen LogP contribution is 2.21. The highest BCUT2D eigenvalue weighted by Gasteiger charge is 2.24. The maximum Gasteiger partial charge on any atom is 0.340 e. The van der Waals surface area contributed by atoms with E-state index in [2.05, 4.69) is 9.72 Å². The molecule has 0 aliphatic rings. The van der Waals surface area contributed by atoms with Crippen molar-refractivity contribution in [3.8, 4) is 5.75 Å². The Kier molecular flexibility index (Phi) is 5.92. The smallest absolute Gasteiger partial charge is 0.340 e. The molecule has 2 aromatic rings. The van der Waals surface area contributed by atoms with Crippen molar-refractivity contribution in [2.75, 3.05) is 20.0 Å². The van der Waals surface area contributed by atoms with Crippen LogP contribution >= 0.6 is 0 Å². The number of aryl methyl sites for hydroxylation is 1. The van der Waals surface area contributed by atoms with Gasteiger partial charge in [-0.2, -0.15) is 0 Å². The number of hydrogen-bond acceptors (Lipinski definition) is 6. The fourth-order valence-corrected chi connectivity index (χ4v) is 3.79.